The maximum atomic E-state index is 4.39. The minimum atomic E-state index is 1.12. The molecule has 0 radical (unpaired) electrons. The average Bonchev–Trinajstić information content (AvgIpc) is 3.70. The summed E-state index contributed by atoms with van der Waals surface area (Å²) in [5.41, 5.74) is 15.2. The third kappa shape index (κ3) is 5.12. The number of nitrogens with zero attached hydrogens (tertiary/aromatic N) is 2. The Bertz CT molecular complexity index is 2710. The first-order valence-corrected chi connectivity index (χ1v) is 17.5. The van der Waals surface area contributed by atoms with Gasteiger partial charge in [0.1, 0.15) is 0 Å². The van der Waals surface area contributed by atoms with Gasteiger partial charge in [-0.05, 0) is 94.9 Å². The van der Waals surface area contributed by atoms with Crippen LogP contribution in [0.25, 0.3) is 89.6 Å². The Balaban J connectivity index is 1.33. The molecule has 9 rings (SSSR count). The van der Waals surface area contributed by atoms with Crippen LogP contribution in [-0.4, -0.2) is 9.13 Å². The van der Waals surface area contributed by atoms with Crippen LogP contribution in [0.2, 0.25) is 0 Å². The predicted molar refractivity (Wildman–Crippen MR) is 219 cm³/mol. The molecule has 2 aromatic heterocycles. The van der Waals surface area contributed by atoms with E-state index in [4.69, 9.17) is 0 Å². The summed E-state index contributed by atoms with van der Waals surface area (Å²) in [5.74, 6) is 0. The third-order valence-electron chi connectivity index (χ3n) is 10.0. The summed E-state index contributed by atoms with van der Waals surface area (Å²) >= 11 is 0. The molecular weight excluding hydrogens is 617 g/mol. The summed E-state index contributed by atoms with van der Waals surface area (Å²) in [4.78, 5) is 0. The first-order chi connectivity index (χ1) is 25.2. The molecule has 0 aliphatic rings. The predicted octanol–water partition coefficient (Wildman–Crippen LogP) is 13.4. The minimum absolute atomic E-state index is 1.12. The molecule has 2 heterocycles. The fourth-order valence-corrected chi connectivity index (χ4v) is 7.70. The lowest BCUT2D eigenvalue weighted by molar-refractivity contribution is 1.10. The van der Waals surface area contributed by atoms with Crippen molar-refractivity contribution in [3.8, 4) is 44.8 Å². The summed E-state index contributed by atoms with van der Waals surface area (Å²) in [6.45, 7) is 6.47. The van der Waals surface area contributed by atoms with E-state index >= 15 is 0 Å². The maximum Gasteiger partial charge on any atom is 0.0548 e. The number of aromatic nitrogens is 2. The van der Waals surface area contributed by atoms with Crippen LogP contribution in [-0.2, 0) is 0 Å². The maximum absolute atomic E-state index is 4.39. The van der Waals surface area contributed by atoms with Crippen LogP contribution in [0.3, 0.4) is 0 Å². The Labute approximate surface area is 298 Å². The van der Waals surface area contributed by atoms with Crippen LogP contribution < -0.4 is 0 Å². The number of rotatable bonds is 7. The number of hydrogen-bond donors (Lipinski definition) is 0. The number of hydrogen-bond acceptors (Lipinski definition) is 0. The molecule has 2 heteroatoms. The molecule has 0 spiro atoms. The van der Waals surface area contributed by atoms with Gasteiger partial charge in [0.2, 0.25) is 0 Å². The fourth-order valence-electron chi connectivity index (χ4n) is 7.70. The highest BCUT2D eigenvalue weighted by atomic mass is 15.0. The second-order valence-corrected chi connectivity index (χ2v) is 13.0. The number of fused-ring (bicyclic) bond motifs is 5. The molecule has 0 unspecified atom stereocenters. The van der Waals surface area contributed by atoms with Gasteiger partial charge in [0.15, 0.2) is 0 Å². The Hall–Kier alpha value is -6.64. The first-order valence-electron chi connectivity index (χ1n) is 17.5. The fraction of sp³-hybridized carbons (Fsp3) is 0.0204. The lowest BCUT2D eigenvalue weighted by atomic mass is 10.00. The van der Waals surface area contributed by atoms with Crippen molar-refractivity contribution < 1.29 is 0 Å². The highest BCUT2D eigenvalue weighted by molar-refractivity contribution is 6.24. The van der Waals surface area contributed by atoms with E-state index in [0.29, 0.717) is 0 Å². The van der Waals surface area contributed by atoms with E-state index in [1.165, 1.54) is 60.6 Å². The van der Waals surface area contributed by atoms with Crippen molar-refractivity contribution in [2.24, 2.45) is 0 Å². The largest absolute Gasteiger partial charge is 0.309 e. The topological polar surface area (TPSA) is 9.86 Å². The van der Waals surface area contributed by atoms with Crippen LogP contribution in [0.4, 0.5) is 0 Å². The molecule has 51 heavy (non-hydrogen) atoms. The number of benzene rings is 7. The van der Waals surface area contributed by atoms with Crippen molar-refractivity contribution in [3.05, 3.63) is 194 Å². The first kappa shape index (κ1) is 30.4. The molecule has 242 valence electrons. The standard InChI is InChI=1S/C49H36N2/c1-3-14-44-42(4-2)48-46(50(44)40-26-21-37(22-27-40)34-15-8-5-9-16-34)31-32-47-49(48)43-33-39(36-19-12-7-13-20-36)25-30-45(43)51(47)41-28-23-38(24-29-41)35-17-10-6-11-18-35/h3-33H,2H2,1H3/b14-3-. The molecule has 7 aromatic carbocycles. The van der Waals surface area contributed by atoms with Crippen molar-refractivity contribution in [2.75, 3.05) is 0 Å². The Morgan fingerprint density at radius 2 is 0.863 bits per heavy atom. The lowest BCUT2D eigenvalue weighted by Gasteiger charge is -2.11. The van der Waals surface area contributed by atoms with E-state index in [-0.39, 0.29) is 0 Å². The molecule has 0 aliphatic carbocycles. The van der Waals surface area contributed by atoms with Crippen molar-refractivity contribution in [3.63, 3.8) is 0 Å². The summed E-state index contributed by atoms with van der Waals surface area (Å²) in [7, 11) is 0. The quantitative estimate of drug-likeness (QED) is 0.162. The summed E-state index contributed by atoms with van der Waals surface area (Å²) in [6.07, 6.45) is 6.37. The van der Waals surface area contributed by atoms with Gasteiger partial charge in [-0.15, -0.1) is 0 Å². The molecule has 0 fully saturated rings. The van der Waals surface area contributed by atoms with E-state index in [9.17, 15) is 0 Å². The van der Waals surface area contributed by atoms with Gasteiger partial charge in [-0.25, -0.2) is 0 Å². The minimum Gasteiger partial charge on any atom is -0.309 e. The van der Waals surface area contributed by atoms with Gasteiger partial charge in [-0.3, -0.25) is 0 Å². The van der Waals surface area contributed by atoms with Crippen LogP contribution >= 0.6 is 0 Å². The van der Waals surface area contributed by atoms with Crippen LogP contribution in [0.1, 0.15) is 18.2 Å². The van der Waals surface area contributed by atoms with Gasteiger partial charge in [0, 0.05) is 33.1 Å². The van der Waals surface area contributed by atoms with Gasteiger partial charge in [0.25, 0.3) is 0 Å². The van der Waals surface area contributed by atoms with Gasteiger partial charge in [-0.2, -0.15) is 0 Å². The Kier molecular flexibility index (Phi) is 7.56. The molecule has 0 aliphatic heterocycles. The van der Waals surface area contributed by atoms with Crippen LogP contribution in [0.15, 0.2) is 183 Å². The Morgan fingerprint density at radius 1 is 0.431 bits per heavy atom. The highest BCUT2D eigenvalue weighted by Crippen LogP contribution is 2.43. The van der Waals surface area contributed by atoms with Crippen molar-refractivity contribution in [1.82, 2.24) is 9.13 Å². The van der Waals surface area contributed by atoms with Gasteiger partial charge >= 0.3 is 0 Å². The summed E-state index contributed by atoms with van der Waals surface area (Å²) < 4.78 is 4.81. The van der Waals surface area contributed by atoms with Crippen LogP contribution in [0.5, 0.6) is 0 Å². The summed E-state index contributed by atoms with van der Waals surface area (Å²) in [5, 5.41) is 3.65. The summed E-state index contributed by atoms with van der Waals surface area (Å²) in [6, 6.07) is 61.1. The molecule has 0 bridgehead atoms. The molecule has 0 saturated carbocycles. The zero-order valence-corrected chi connectivity index (χ0v) is 28.5. The monoisotopic (exact) mass is 652 g/mol. The van der Waals surface area contributed by atoms with E-state index < -0.39 is 0 Å². The molecular formula is C49H36N2. The Morgan fingerprint density at radius 3 is 1.37 bits per heavy atom. The van der Waals surface area contributed by atoms with Crippen LogP contribution in [0, 0.1) is 0 Å². The molecule has 9 aromatic rings. The third-order valence-corrected chi connectivity index (χ3v) is 10.0. The second kappa shape index (κ2) is 12.7. The number of allylic oxidation sites excluding steroid dienone is 1. The second-order valence-electron chi connectivity index (χ2n) is 13.0. The average molecular weight is 653 g/mol. The van der Waals surface area contributed by atoms with E-state index in [2.05, 4.69) is 205 Å². The SMILES string of the molecule is C=Cc1c(/C=C\C)n(-c2ccc(-c3ccccc3)cc2)c2ccc3c(c4cc(-c5ccccc5)ccc4n3-c3ccc(-c4ccccc4)cc3)c12. The molecule has 0 atom stereocenters. The normalized spacial score (nSPS) is 11.6. The van der Waals surface area contributed by atoms with Crippen molar-refractivity contribution in [1.29, 1.82) is 0 Å². The highest BCUT2D eigenvalue weighted by Gasteiger charge is 2.22. The lowest BCUT2D eigenvalue weighted by Crippen LogP contribution is -1.97. The molecule has 0 amide bonds. The smallest absolute Gasteiger partial charge is 0.0548 e. The zero-order valence-electron chi connectivity index (χ0n) is 28.5. The molecule has 0 saturated heterocycles. The van der Waals surface area contributed by atoms with Gasteiger partial charge in [0.05, 0.1) is 22.2 Å². The molecule has 0 N–H and O–H groups in total. The van der Waals surface area contributed by atoms with Crippen molar-refractivity contribution in [2.45, 2.75) is 6.92 Å². The zero-order chi connectivity index (χ0) is 34.3. The molecule has 2 nitrogen and oxygen atoms in total. The van der Waals surface area contributed by atoms with Gasteiger partial charge in [-0.1, -0.05) is 140 Å². The van der Waals surface area contributed by atoms with E-state index in [0.717, 1.165) is 28.1 Å². The van der Waals surface area contributed by atoms with Crippen molar-refractivity contribution >= 4 is 44.9 Å². The van der Waals surface area contributed by atoms with E-state index in [1.54, 1.807) is 0 Å². The van der Waals surface area contributed by atoms with E-state index in [1.807, 2.05) is 6.08 Å². The van der Waals surface area contributed by atoms with Gasteiger partial charge < -0.3 is 9.13 Å².